The Morgan fingerprint density at radius 3 is 2.80 bits per heavy atom. The van der Waals surface area contributed by atoms with Gasteiger partial charge in [-0.05, 0) is 24.8 Å². The van der Waals surface area contributed by atoms with E-state index < -0.39 is 0 Å². The van der Waals surface area contributed by atoms with Crippen molar-refractivity contribution in [1.29, 1.82) is 0 Å². The molecule has 0 saturated heterocycles. The summed E-state index contributed by atoms with van der Waals surface area (Å²) >= 11 is 3.39. The second-order valence-corrected chi connectivity index (χ2v) is 3.17. The van der Waals surface area contributed by atoms with Gasteiger partial charge in [0.25, 0.3) is 0 Å². The largest absolute Gasteiger partial charge is 0.505 e. The Morgan fingerprint density at radius 1 is 1.60 bits per heavy atom. The van der Waals surface area contributed by atoms with Crippen LogP contribution in [0.3, 0.4) is 0 Å². The summed E-state index contributed by atoms with van der Waals surface area (Å²) in [7, 11) is 1.67. The molecule has 1 nitrogen and oxygen atoms in total. The molecule has 10 heavy (non-hydrogen) atoms. The maximum Gasteiger partial charge on any atom is 0.0787 e. The van der Waals surface area contributed by atoms with Gasteiger partial charge in [0, 0.05) is 5.33 Å². The number of halogens is 1. The van der Waals surface area contributed by atoms with E-state index >= 15 is 0 Å². The lowest BCUT2D eigenvalue weighted by Crippen LogP contribution is -1.89. The molecular formula is C8H15BrO. The number of hydrogen-bond acceptors (Lipinski definition) is 1. The fourth-order valence-electron chi connectivity index (χ4n) is 0.708. The van der Waals surface area contributed by atoms with Crippen molar-refractivity contribution in [2.75, 3.05) is 12.4 Å². The fraction of sp³-hybridized carbons (Fsp3) is 0.750. The first-order valence-electron chi connectivity index (χ1n) is 3.56. The summed E-state index contributed by atoms with van der Waals surface area (Å²) in [6, 6.07) is 0. The van der Waals surface area contributed by atoms with Crippen molar-refractivity contribution < 1.29 is 4.74 Å². The van der Waals surface area contributed by atoms with Gasteiger partial charge < -0.3 is 4.74 Å². The van der Waals surface area contributed by atoms with Crippen LogP contribution >= 0.6 is 15.9 Å². The Balaban J connectivity index is 3.24. The van der Waals surface area contributed by atoms with Crippen LogP contribution in [0, 0.1) is 5.92 Å². The minimum absolute atomic E-state index is 0.637. The number of rotatable bonds is 5. The van der Waals surface area contributed by atoms with Crippen LogP contribution in [0.15, 0.2) is 12.3 Å². The van der Waals surface area contributed by atoms with E-state index in [2.05, 4.69) is 28.9 Å². The van der Waals surface area contributed by atoms with E-state index in [0.29, 0.717) is 5.92 Å². The second kappa shape index (κ2) is 7.13. The summed E-state index contributed by atoms with van der Waals surface area (Å²) in [5, 5.41) is 1.10. The fourth-order valence-corrected chi connectivity index (χ4v) is 1.03. The van der Waals surface area contributed by atoms with Gasteiger partial charge in [-0.15, -0.1) is 0 Å². The average Bonchev–Trinajstić information content (AvgIpc) is 1.97. The Hall–Kier alpha value is 0.0200. The minimum Gasteiger partial charge on any atom is -0.505 e. The van der Waals surface area contributed by atoms with Gasteiger partial charge in [0.1, 0.15) is 0 Å². The maximum atomic E-state index is 4.80. The lowest BCUT2D eigenvalue weighted by Gasteiger charge is -2.02. The van der Waals surface area contributed by atoms with Gasteiger partial charge in [0.05, 0.1) is 13.4 Å². The lowest BCUT2D eigenvalue weighted by atomic mass is 10.1. The molecule has 1 atom stereocenters. The molecule has 0 aromatic carbocycles. The van der Waals surface area contributed by atoms with Crippen LogP contribution in [0.25, 0.3) is 0 Å². The van der Waals surface area contributed by atoms with Gasteiger partial charge in [0.2, 0.25) is 0 Å². The summed E-state index contributed by atoms with van der Waals surface area (Å²) in [5.74, 6) is 0.637. The zero-order valence-electron chi connectivity index (χ0n) is 6.64. The van der Waals surface area contributed by atoms with Gasteiger partial charge in [0.15, 0.2) is 0 Å². The van der Waals surface area contributed by atoms with Crippen molar-refractivity contribution in [3.05, 3.63) is 12.3 Å². The van der Waals surface area contributed by atoms with E-state index in [0.717, 1.165) is 5.33 Å². The standard InChI is InChI=1S/C8H15BrO/c1-8(4-3-6-9)5-7-10-2/h5,7-8H,3-4,6H2,1-2H3. The highest BCUT2D eigenvalue weighted by Crippen LogP contribution is 2.07. The van der Waals surface area contributed by atoms with Gasteiger partial charge in [-0.1, -0.05) is 22.9 Å². The molecule has 0 rings (SSSR count). The molecule has 0 spiro atoms. The second-order valence-electron chi connectivity index (χ2n) is 2.37. The number of ether oxygens (including phenoxy) is 1. The molecule has 0 radical (unpaired) electrons. The molecule has 0 saturated carbocycles. The zero-order chi connectivity index (χ0) is 7.82. The van der Waals surface area contributed by atoms with Crippen molar-refractivity contribution in [3.63, 3.8) is 0 Å². The molecule has 0 amide bonds. The summed E-state index contributed by atoms with van der Waals surface area (Å²) in [4.78, 5) is 0. The third kappa shape index (κ3) is 6.14. The zero-order valence-corrected chi connectivity index (χ0v) is 8.23. The Morgan fingerprint density at radius 2 is 2.30 bits per heavy atom. The summed E-state index contributed by atoms with van der Waals surface area (Å²) in [6.45, 7) is 2.19. The highest BCUT2D eigenvalue weighted by molar-refractivity contribution is 9.09. The first kappa shape index (κ1) is 10.0. The molecule has 2 heteroatoms. The average molecular weight is 207 g/mol. The molecule has 0 aromatic heterocycles. The van der Waals surface area contributed by atoms with Gasteiger partial charge >= 0.3 is 0 Å². The molecule has 0 aliphatic carbocycles. The Bertz CT molecular complexity index is 91.3. The van der Waals surface area contributed by atoms with Gasteiger partial charge in [-0.2, -0.15) is 0 Å². The number of allylic oxidation sites excluding steroid dienone is 1. The van der Waals surface area contributed by atoms with E-state index in [1.165, 1.54) is 12.8 Å². The lowest BCUT2D eigenvalue weighted by molar-refractivity contribution is 0.333. The van der Waals surface area contributed by atoms with Crippen LogP contribution in [-0.4, -0.2) is 12.4 Å². The van der Waals surface area contributed by atoms with E-state index in [-0.39, 0.29) is 0 Å². The number of hydrogen-bond donors (Lipinski definition) is 0. The molecule has 0 bridgehead atoms. The molecule has 0 fully saturated rings. The first-order valence-corrected chi connectivity index (χ1v) is 4.68. The summed E-state index contributed by atoms with van der Waals surface area (Å²) < 4.78 is 4.80. The normalized spacial score (nSPS) is 13.9. The predicted octanol–water partition coefficient (Wildman–Crippen LogP) is 2.96. The van der Waals surface area contributed by atoms with E-state index in [1.807, 2.05) is 0 Å². The highest BCUT2D eigenvalue weighted by Gasteiger charge is 1.94. The quantitative estimate of drug-likeness (QED) is 0.497. The minimum atomic E-state index is 0.637. The smallest absolute Gasteiger partial charge is 0.0787 e. The van der Waals surface area contributed by atoms with Crippen LogP contribution in [0.1, 0.15) is 19.8 Å². The molecule has 0 N–H and O–H groups in total. The van der Waals surface area contributed by atoms with E-state index in [1.54, 1.807) is 13.4 Å². The van der Waals surface area contributed by atoms with Crippen LogP contribution in [-0.2, 0) is 4.74 Å². The van der Waals surface area contributed by atoms with E-state index in [4.69, 9.17) is 4.74 Å². The van der Waals surface area contributed by atoms with Crippen LogP contribution in [0.4, 0.5) is 0 Å². The van der Waals surface area contributed by atoms with E-state index in [9.17, 15) is 0 Å². The Labute approximate surface area is 71.6 Å². The summed E-state index contributed by atoms with van der Waals surface area (Å²) in [6.07, 6.45) is 6.29. The topological polar surface area (TPSA) is 9.23 Å². The molecular weight excluding hydrogens is 192 g/mol. The number of methoxy groups -OCH3 is 1. The van der Waals surface area contributed by atoms with Crippen LogP contribution in [0.5, 0.6) is 0 Å². The monoisotopic (exact) mass is 206 g/mol. The third-order valence-electron chi connectivity index (χ3n) is 1.34. The molecule has 0 aliphatic heterocycles. The molecule has 0 aromatic rings. The Kier molecular flexibility index (Phi) is 7.15. The molecule has 1 unspecified atom stereocenters. The van der Waals surface area contributed by atoms with Crippen LogP contribution in [0.2, 0.25) is 0 Å². The van der Waals surface area contributed by atoms with Crippen molar-refractivity contribution in [1.82, 2.24) is 0 Å². The molecule has 0 heterocycles. The number of alkyl halides is 1. The van der Waals surface area contributed by atoms with Crippen LogP contribution < -0.4 is 0 Å². The predicted molar refractivity (Wildman–Crippen MR) is 48.3 cm³/mol. The van der Waals surface area contributed by atoms with Crippen molar-refractivity contribution >= 4 is 15.9 Å². The molecule has 0 aliphatic rings. The van der Waals surface area contributed by atoms with Gasteiger partial charge in [-0.3, -0.25) is 0 Å². The highest BCUT2D eigenvalue weighted by atomic mass is 79.9. The first-order chi connectivity index (χ1) is 4.81. The van der Waals surface area contributed by atoms with Gasteiger partial charge in [-0.25, -0.2) is 0 Å². The van der Waals surface area contributed by atoms with Crippen molar-refractivity contribution in [3.8, 4) is 0 Å². The SMILES string of the molecule is COC=CC(C)CCCBr. The third-order valence-corrected chi connectivity index (χ3v) is 1.90. The maximum absolute atomic E-state index is 4.80. The summed E-state index contributed by atoms with van der Waals surface area (Å²) in [5.41, 5.74) is 0. The van der Waals surface area contributed by atoms with Crippen molar-refractivity contribution in [2.24, 2.45) is 5.92 Å². The van der Waals surface area contributed by atoms with Crippen molar-refractivity contribution in [2.45, 2.75) is 19.8 Å². The molecule has 60 valence electrons.